The van der Waals surface area contributed by atoms with E-state index in [2.05, 4.69) is 18.7 Å². The summed E-state index contributed by atoms with van der Waals surface area (Å²) in [5.74, 6) is -0.390. The lowest BCUT2D eigenvalue weighted by atomic mass is 10.2. The number of amides is 2. The predicted octanol–water partition coefficient (Wildman–Crippen LogP) is 0.642. The van der Waals surface area contributed by atoms with Crippen molar-refractivity contribution in [1.29, 1.82) is 0 Å². The monoisotopic (exact) mass is 210 g/mol. The molecular weight excluding hydrogens is 192 g/mol. The summed E-state index contributed by atoms with van der Waals surface area (Å²) in [6, 6.07) is -0.0556. The van der Waals surface area contributed by atoms with Crippen molar-refractivity contribution in [2.45, 2.75) is 26.8 Å². The van der Waals surface area contributed by atoms with Gasteiger partial charge in [0.25, 0.3) is 11.8 Å². The van der Waals surface area contributed by atoms with E-state index in [0.29, 0.717) is 0 Å². The standard InChI is InChI=1S/C11H18N2O2/c1-4-12(5-2)8-9(3)13-10(14)6-7-11(13)15/h6-7,9H,4-5,8H2,1-3H3. The lowest BCUT2D eigenvalue weighted by Gasteiger charge is -2.28. The molecule has 0 aliphatic carbocycles. The van der Waals surface area contributed by atoms with Gasteiger partial charge in [-0.25, -0.2) is 0 Å². The second-order valence-corrected chi connectivity index (χ2v) is 3.71. The highest BCUT2D eigenvalue weighted by atomic mass is 16.2. The van der Waals surface area contributed by atoms with Crippen molar-refractivity contribution in [3.63, 3.8) is 0 Å². The van der Waals surface area contributed by atoms with Crippen molar-refractivity contribution in [2.75, 3.05) is 19.6 Å². The molecule has 0 saturated carbocycles. The fourth-order valence-electron chi connectivity index (χ4n) is 1.78. The smallest absolute Gasteiger partial charge is 0.253 e. The molecule has 84 valence electrons. The SMILES string of the molecule is CCN(CC)CC(C)N1C(=O)C=CC1=O. The third kappa shape index (κ3) is 2.65. The first-order chi connectivity index (χ1) is 7.10. The summed E-state index contributed by atoms with van der Waals surface area (Å²) in [6.07, 6.45) is 2.67. The topological polar surface area (TPSA) is 40.6 Å². The van der Waals surface area contributed by atoms with Crippen LogP contribution in [0.5, 0.6) is 0 Å². The van der Waals surface area contributed by atoms with Crippen molar-refractivity contribution < 1.29 is 9.59 Å². The van der Waals surface area contributed by atoms with Crippen molar-refractivity contribution >= 4 is 11.8 Å². The van der Waals surface area contributed by atoms with Gasteiger partial charge < -0.3 is 4.90 Å². The van der Waals surface area contributed by atoms with E-state index < -0.39 is 0 Å². The third-order valence-corrected chi connectivity index (χ3v) is 2.70. The van der Waals surface area contributed by atoms with Crippen LogP contribution in [0.15, 0.2) is 12.2 Å². The molecule has 0 aromatic rings. The van der Waals surface area contributed by atoms with E-state index in [-0.39, 0.29) is 17.9 Å². The molecule has 15 heavy (non-hydrogen) atoms. The van der Waals surface area contributed by atoms with Crippen LogP contribution < -0.4 is 0 Å². The molecular formula is C11H18N2O2. The fourth-order valence-corrected chi connectivity index (χ4v) is 1.78. The lowest BCUT2D eigenvalue weighted by molar-refractivity contribution is -0.139. The highest BCUT2D eigenvalue weighted by Crippen LogP contribution is 2.10. The van der Waals surface area contributed by atoms with Gasteiger partial charge in [0.05, 0.1) is 6.04 Å². The van der Waals surface area contributed by atoms with Gasteiger partial charge >= 0.3 is 0 Å². The zero-order chi connectivity index (χ0) is 11.4. The molecule has 1 rings (SSSR count). The van der Waals surface area contributed by atoms with E-state index in [1.807, 2.05) is 6.92 Å². The molecule has 0 bridgehead atoms. The average Bonchev–Trinajstić information content (AvgIpc) is 2.55. The van der Waals surface area contributed by atoms with Crippen LogP contribution in [0.25, 0.3) is 0 Å². The summed E-state index contributed by atoms with van der Waals surface area (Å²) < 4.78 is 0. The molecule has 0 radical (unpaired) electrons. The van der Waals surface area contributed by atoms with Crippen LogP contribution in [0, 0.1) is 0 Å². The van der Waals surface area contributed by atoms with Gasteiger partial charge in [-0.2, -0.15) is 0 Å². The average molecular weight is 210 g/mol. The van der Waals surface area contributed by atoms with Gasteiger partial charge in [-0.05, 0) is 20.0 Å². The molecule has 4 nitrogen and oxygen atoms in total. The number of carbonyl (C=O) groups excluding carboxylic acids is 2. The summed E-state index contributed by atoms with van der Waals surface area (Å²) in [5.41, 5.74) is 0. The number of likely N-dealkylation sites (N-methyl/N-ethyl adjacent to an activating group) is 1. The second kappa shape index (κ2) is 5.07. The summed E-state index contributed by atoms with van der Waals surface area (Å²) in [6.45, 7) is 8.66. The normalized spacial score (nSPS) is 18.0. The molecule has 0 aromatic carbocycles. The van der Waals surface area contributed by atoms with Crippen LogP contribution in [0.1, 0.15) is 20.8 Å². The molecule has 2 amide bonds. The molecule has 0 saturated heterocycles. The minimum Gasteiger partial charge on any atom is -0.302 e. The lowest BCUT2D eigenvalue weighted by Crippen LogP contribution is -2.45. The molecule has 1 unspecified atom stereocenters. The summed E-state index contributed by atoms with van der Waals surface area (Å²) in [4.78, 5) is 26.3. The largest absolute Gasteiger partial charge is 0.302 e. The van der Waals surface area contributed by atoms with E-state index in [1.54, 1.807) is 0 Å². The number of carbonyl (C=O) groups is 2. The maximum Gasteiger partial charge on any atom is 0.253 e. The maximum absolute atomic E-state index is 11.4. The molecule has 0 N–H and O–H groups in total. The second-order valence-electron chi connectivity index (χ2n) is 3.71. The Balaban J connectivity index is 2.57. The number of imide groups is 1. The zero-order valence-corrected chi connectivity index (χ0v) is 9.56. The first kappa shape index (κ1) is 11.9. The predicted molar refractivity (Wildman–Crippen MR) is 58.2 cm³/mol. The first-order valence-corrected chi connectivity index (χ1v) is 5.37. The van der Waals surface area contributed by atoms with E-state index in [0.717, 1.165) is 19.6 Å². The van der Waals surface area contributed by atoms with E-state index >= 15 is 0 Å². The van der Waals surface area contributed by atoms with E-state index in [9.17, 15) is 9.59 Å². The molecule has 1 aliphatic heterocycles. The van der Waals surface area contributed by atoms with Gasteiger partial charge in [0.15, 0.2) is 0 Å². The van der Waals surface area contributed by atoms with E-state index in [1.165, 1.54) is 17.1 Å². The Morgan fingerprint density at radius 3 is 2.07 bits per heavy atom. The Kier molecular flexibility index (Phi) is 4.03. The Labute approximate surface area is 90.5 Å². The minimum atomic E-state index is -0.195. The van der Waals surface area contributed by atoms with Gasteiger partial charge in [-0.3, -0.25) is 14.5 Å². The molecule has 0 aromatic heterocycles. The van der Waals surface area contributed by atoms with Crippen molar-refractivity contribution in [3.05, 3.63) is 12.2 Å². The third-order valence-electron chi connectivity index (χ3n) is 2.70. The summed E-state index contributed by atoms with van der Waals surface area (Å²) in [5, 5.41) is 0. The van der Waals surface area contributed by atoms with Gasteiger partial charge in [-0.1, -0.05) is 13.8 Å². The molecule has 0 spiro atoms. The maximum atomic E-state index is 11.4. The molecule has 4 heteroatoms. The first-order valence-electron chi connectivity index (χ1n) is 5.37. The van der Waals surface area contributed by atoms with Crippen LogP contribution >= 0.6 is 0 Å². The quantitative estimate of drug-likeness (QED) is 0.625. The highest BCUT2D eigenvalue weighted by molar-refractivity contribution is 6.13. The van der Waals surface area contributed by atoms with Crippen LogP contribution in [0.2, 0.25) is 0 Å². The summed E-state index contributed by atoms with van der Waals surface area (Å²) >= 11 is 0. The van der Waals surface area contributed by atoms with Gasteiger partial charge in [0, 0.05) is 18.7 Å². The Hall–Kier alpha value is -1.16. The fraction of sp³-hybridized carbons (Fsp3) is 0.636. The Morgan fingerprint density at radius 2 is 1.67 bits per heavy atom. The van der Waals surface area contributed by atoms with Gasteiger partial charge in [0.2, 0.25) is 0 Å². The summed E-state index contributed by atoms with van der Waals surface area (Å²) in [7, 11) is 0. The van der Waals surface area contributed by atoms with Crippen molar-refractivity contribution in [3.8, 4) is 0 Å². The molecule has 0 fully saturated rings. The van der Waals surface area contributed by atoms with Crippen LogP contribution in [0.3, 0.4) is 0 Å². The number of rotatable bonds is 5. The van der Waals surface area contributed by atoms with Crippen LogP contribution in [-0.4, -0.2) is 47.3 Å². The minimum absolute atomic E-state index is 0.0556. The zero-order valence-electron chi connectivity index (χ0n) is 9.56. The molecule has 1 heterocycles. The Bertz CT molecular complexity index is 264. The van der Waals surface area contributed by atoms with Crippen LogP contribution in [0.4, 0.5) is 0 Å². The van der Waals surface area contributed by atoms with Crippen LogP contribution in [-0.2, 0) is 9.59 Å². The van der Waals surface area contributed by atoms with E-state index in [4.69, 9.17) is 0 Å². The highest BCUT2D eigenvalue weighted by Gasteiger charge is 2.28. The molecule has 1 aliphatic rings. The van der Waals surface area contributed by atoms with Gasteiger partial charge in [-0.15, -0.1) is 0 Å². The van der Waals surface area contributed by atoms with Crippen molar-refractivity contribution in [2.24, 2.45) is 0 Å². The van der Waals surface area contributed by atoms with Crippen molar-refractivity contribution in [1.82, 2.24) is 9.80 Å². The number of hydrogen-bond acceptors (Lipinski definition) is 3. The van der Waals surface area contributed by atoms with Gasteiger partial charge in [0.1, 0.15) is 0 Å². The number of hydrogen-bond donors (Lipinski definition) is 0. The Morgan fingerprint density at radius 1 is 1.20 bits per heavy atom. The number of nitrogens with zero attached hydrogens (tertiary/aromatic N) is 2. The molecule has 1 atom stereocenters.